The van der Waals surface area contributed by atoms with Crippen LogP contribution in [0.4, 0.5) is 0 Å². The maximum absolute atomic E-state index is 11.9. The number of benzene rings is 1. The molecule has 1 aliphatic heterocycles. The molecule has 1 saturated heterocycles. The number of hydrogen-bond acceptors (Lipinski definition) is 4. The summed E-state index contributed by atoms with van der Waals surface area (Å²) < 4.78 is 7.51. The number of cyclic esters (lactones) is 1. The molecule has 5 heteroatoms. The van der Waals surface area contributed by atoms with Crippen LogP contribution in [0.25, 0.3) is 11.0 Å². The molecule has 22 heavy (non-hydrogen) atoms. The normalized spacial score (nSPS) is 21.7. The molecule has 2 atom stereocenters. The summed E-state index contributed by atoms with van der Waals surface area (Å²) in [6.45, 7) is 7.32. The highest BCUT2D eigenvalue weighted by Gasteiger charge is 2.34. The van der Waals surface area contributed by atoms with Gasteiger partial charge in [-0.15, -0.1) is 0 Å². The first-order valence-corrected chi connectivity index (χ1v) is 8.75. The summed E-state index contributed by atoms with van der Waals surface area (Å²) >= 11 is 1.54. The molecule has 3 rings (SSSR count). The highest BCUT2D eigenvalue weighted by Crippen LogP contribution is 2.33. The lowest BCUT2D eigenvalue weighted by atomic mass is 10.1. The van der Waals surface area contributed by atoms with Crippen LogP contribution in [0.1, 0.15) is 33.6 Å². The van der Waals surface area contributed by atoms with Crippen LogP contribution in [0.15, 0.2) is 29.4 Å². The van der Waals surface area contributed by atoms with E-state index in [0.29, 0.717) is 5.92 Å². The molecular weight excluding hydrogens is 296 g/mol. The van der Waals surface area contributed by atoms with Crippen LogP contribution >= 0.6 is 11.8 Å². The molecule has 0 bridgehead atoms. The molecule has 1 aromatic carbocycles. The number of aromatic nitrogens is 2. The SMILES string of the molecule is CC(C)CCn1c(SC2CC(C)OC2=O)nc2ccccc21. The Hall–Kier alpha value is -1.49. The number of aryl methyl sites for hydroxylation is 1. The Bertz CT molecular complexity index is 680. The Balaban J connectivity index is 1.90. The molecule has 4 nitrogen and oxygen atoms in total. The lowest BCUT2D eigenvalue weighted by molar-refractivity contribution is -0.140. The molecular formula is C17H22N2O2S. The minimum atomic E-state index is -0.135. The zero-order valence-corrected chi connectivity index (χ0v) is 14.1. The van der Waals surface area contributed by atoms with Gasteiger partial charge in [-0.1, -0.05) is 37.7 Å². The zero-order chi connectivity index (χ0) is 15.7. The van der Waals surface area contributed by atoms with Gasteiger partial charge >= 0.3 is 5.97 Å². The van der Waals surface area contributed by atoms with Crippen molar-refractivity contribution in [2.24, 2.45) is 5.92 Å². The van der Waals surface area contributed by atoms with Gasteiger partial charge < -0.3 is 9.30 Å². The minimum Gasteiger partial charge on any atom is -0.462 e. The molecule has 0 radical (unpaired) electrons. The van der Waals surface area contributed by atoms with Gasteiger partial charge in [-0.3, -0.25) is 4.79 Å². The zero-order valence-electron chi connectivity index (χ0n) is 13.3. The number of carbonyl (C=O) groups is 1. The van der Waals surface area contributed by atoms with Gasteiger partial charge in [0.1, 0.15) is 11.4 Å². The van der Waals surface area contributed by atoms with Gasteiger partial charge in [0.2, 0.25) is 0 Å². The molecule has 1 aromatic heterocycles. The first-order valence-electron chi connectivity index (χ1n) is 7.87. The molecule has 2 heterocycles. The van der Waals surface area contributed by atoms with Crippen molar-refractivity contribution in [2.75, 3.05) is 0 Å². The van der Waals surface area contributed by atoms with Crippen LogP contribution in [-0.2, 0) is 16.1 Å². The Morgan fingerprint density at radius 1 is 1.41 bits per heavy atom. The number of esters is 1. The standard InChI is InChI=1S/C17H22N2O2S/c1-11(2)8-9-19-14-7-5-4-6-13(14)18-17(19)22-15-10-12(3)21-16(15)20/h4-7,11-12,15H,8-10H2,1-3H3. The van der Waals surface area contributed by atoms with Crippen molar-refractivity contribution in [3.63, 3.8) is 0 Å². The Morgan fingerprint density at radius 2 is 2.18 bits per heavy atom. The predicted octanol–water partition coefficient (Wildman–Crippen LogP) is 3.88. The number of hydrogen-bond donors (Lipinski definition) is 0. The van der Waals surface area contributed by atoms with Crippen LogP contribution in [-0.4, -0.2) is 26.9 Å². The van der Waals surface area contributed by atoms with E-state index in [1.165, 1.54) is 0 Å². The fourth-order valence-electron chi connectivity index (χ4n) is 2.69. The molecule has 0 spiro atoms. The van der Waals surface area contributed by atoms with Crippen LogP contribution in [0, 0.1) is 5.92 Å². The van der Waals surface area contributed by atoms with E-state index in [2.05, 4.69) is 24.5 Å². The van der Waals surface area contributed by atoms with E-state index in [9.17, 15) is 4.79 Å². The second kappa shape index (κ2) is 6.32. The van der Waals surface area contributed by atoms with Crippen molar-refractivity contribution in [3.8, 4) is 0 Å². The lowest BCUT2D eigenvalue weighted by Gasteiger charge is -2.11. The van der Waals surface area contributed by atoms with Gasteiger partial charge in [0.15, 0.2) is 5.16 Å². The highest BCUT2D eigenvalue weighted by atomic mass is 32.2. The van der Waals surface area contributed by atoms with Crippen LogP contribution in [0.2, 0.25) is 0 Å². The van der Waals surface area contributed by atoms with E-state index >= 15 is 0 Å². The molecule has 0 N–H and O–H groups in total. The third-order valence-corrected chi connectivity index (χ3v) is 5.12. The number of carbonyl (C=O) groups excluding carboxylic acids is 1. The van der Waals surface area contributed by atoms with Crippen molar-refractivity contribution < 1.29 is 9.53 Å². The molecule has 0 amide bonds. The Kier molecular flexibility index (Phi) is 4.43. The molecule has 0 aliphatic carbocycles. The van der Waals surface area contributed by atoms with Crippen LogP contribution in [0.5, 0.6) is 0 Å². The fraction of sp³-hybridized carbons (Fsp3) is 0.529. The quantitative estimate of drug-likeness (QED) is 0.785. The van der Waals surface area contributed by atoms with E-state index in [1.54, 1.807) is 11.8 Å². The number of fused-ring (bicyclic) bond motifs is 1. The van der Waals surface area contributed by atoms with E-state index < -0.39 is 0 Å². The summed E-state index contributed by atoms with van der Waals surface area (Å²) in [5.74, 6) is 0.524. The van der Waals surface area contributed by atoms with Gasteiger partial charge in [0.05, 0.1) is 11.0 Å². The molecule has 118 valence electrons. The van der Waals surface area contributed by atoms with Crippen LogP contribution in [0.3, 0.4) is 0 Å². The predicted molar refractivity (Wildman–Crippen MR) is 89.0 cm³/mol. The Morgan fingerprint density at radius 3 is 2.86 bits per heavy atom. The first-order chi connectivity index (χ1) is 10.5. The largest absolute Gasteiger partial charge is 0.462 e. The third-order valence-electron chi connectivity index (χ3n) is 3.92. The maximum atomic E-state index is 11.9. The minimum absolute atomic E-state index is 0.0125. The van der Waals surface area contributed by atoms with Gasteiger partial charge in [0.25, 0.3) is 0 Å². The third kappa shape index (κ3) is 3.14. The van der Waals surface area contributed by atoms with Crippen molar-refractivity contribution in [2.45, 2.75) is 56.7 Å². The van der Waals surface area contributed by atoms with E-state index in [4.69, 9.17) is 9.72 Å². The van der Waals surface area contributed by atoms with E-state index in [0.717, 1.165) is 35.6 Å². The van der Waals surface area contributed by atoms with Crippen molar-refractivity contribution in [3.05, 3.63) is 24.3 Å². The monoisotopic (exact) mass is 318 g/mol. The molecule has 2 unspecified atom stereocenters. The number of thioether (sulfide) groups is 1. The van der Waals surface area contributed by atoms with Crippen molar-refractivity contribution >= 4 is 28.8 Å². The summed E-state index contributed by atoms with van der Waals surface area (Å²) in [6.07, 6.45) is 1.87. The molecule has 1 fully saturated rings. The topological polar surface area (TPSA) is 44.1 Å². The van der Waals surface area contributed by atoms with Gasteiger partial charge in [-0.25, -0.2) is 4.98 Å². The fourth-order valence-corrected chi connectivity index (χ4v) is 3.93. The maximum Gasteiger partial charge on any atom is 0.319 e. The number of imidazole rings is 1. The second-order valence-corrected chi connectivity index (χ2v) is 7.48. The van der Waals surface area contributed by atoms with Crippen molar-refractivity contribution in [1.82, 2.24) is 9.55 Å². The second-order valence-electron chi connectivity index (χ2n) is 6.31. The average molecular weight is 318 g/mol. The van der Waals surface area contributed by atoms with Gasteiger partial charge in [-0.2, -0.15) is 0 Å². The summed E-state index contributed by atoms with van der Waals surface area (Å²) in [6, 6.07) is 8.17. The van der Waals surface area contributed by atoms with E-state index in [1.807, 2.05) is 25.1 Å². The highest BCUT2D eigenvalue weighted by molar-refractivity contribution is 8.00. The average Bonchev–Trinajstić information content (AvgIpc) is 2.96. The molecule has 2 aromatic rings. The lowest BCUT2D eigenvalue weighted by Crippen LogP contribution is -2.12. The Labute approximate surface area is 135 Å². The number of nitrogens with zero attached hydrogens (tertiary/aromatic N) is 2. The summed E-state index contributed by atoms with van der Waals surface area (Å²) in [5.41, 5.74) is 2.14. The van der Waals surface area contributed by atoms with Gasteiger partial charge in [-0.05, 0) is 31.4 Å². The van der Waals surface area contributed by atoms with Gasteiger partial charge in [0, 0.05) is 13.0 Å². The van der Waals surface area contributed by atoms with Crippen molar-refractivity contribution in [1.29, 1.82) is 0 Å². The molecule has 0 saturated carbocycles. The number of para-hydroxylation sites is 2. The van der Waals surface area contributed by atoms with Crippen LogP contribution < -0.4 is 0 Å². The smallest absolute Gasteiger partial charge is 0.319 e. The summed E-state index contributed by atoms with van der Waals surface area (Å²) in [4.78, 5) is 16.6. The summed E-state index contributed by atoms with van der Waals surface area (Å²) in [5, 5.41) is 0.794. The summed E-state index contributed by atoms with van der Waals surface area (Å²) in [7, 11) is 0. The number of rotatable bonds is 5. The number of ether oxygens (including phenoxy) is 1. The first kappa shape index (κ1) is 15.4. The molecule has 1 aliphatic rings. The van der Waals surface area contributed by atoms with E-state index in [-0.39, 0.29) is 17.3 Å².